The van der Waals surface area contributed by atoms with Gasteiger partial charge in [0.25, 0.3) is 0 Å². The number of hydrogen-bond acceptors (Lipinski definition) is 4. The molecular formula is C15H21FN2O3. The van der Waals surface area contributed by atoms with Gasteiger partial charge in [0.05, 0.1) is 19.1 Å². The summed E-state index contributed by atoms with van der Waals surface area (Å²) in [6, 6.07) is 5.04. The van der Waals surface area contributed by atoms with Gasteiger partial charge in [0, 0.05) is 0 Å². The molecule has 21 heavy (non-hydrogen) atoms. The Kier molecular flexibility index (Phi) is 3.95. The minimum absolute atomic E-state index is 0.0690. The average molecular weight is 296 g/mol. The third-order valence-electron chi connectivity index (χ3n) is 3.37. The largest absolute Gasteiger partial charge is 0.444 e. The van der Waals surface area contributed by atoms with Crippen molar-refractivity contribution in [2.45, 2.75) is 38.0 Å². The maximum Gasteiger partial charge on any atom is 0.410 e. The maximum absolute atomic E-state index is 13.2. The Morgan fingerprint density at radius 3 is 2.62 bits per heavy atom. The molecule has 3 N–H and O–H groups in total. The molecule has 1 fully saturated rings. The number of benzene rings is 1. The molecule has 1 saturated heterocycles. The van der Waals surface area contributed by atoms with E-state index in [4.69, 9.17) is 10.5 Å². The van der Waals surface area contributed by atoms with Crippen molar-refractivity contribution in [3.63, 3.8) is 0 Å². The molecule has 0 bridgehead atoms. The molecule has 1 heterocycles. The van der Waals surface area contributed by atoms with Crippen molar-refractivity contribution < 1.29 is 19.0 Å². The molecule has 5 nitrogen and oxygen atoms in total. The normalized spacial score (nSPS) is 18.9. The van der Waals surface area contributed by atoms with E-state index in [0.29, 0.717) is 5.56 Å². The summed E-state index contributed by atoms with van der Waals surface area (Å²) >= 11 is 0. The molecule has 0 radical (unpaired) electrons. The maximum atomic E-state index is 13.2. The molecule has 0 spiro atoms. The van der Waals surface area contributed by atoms with Crippen LogP contribution in [0.3, 0.4) is 0 Å². The Labute approximate surface area is 123 Å². The lowest BCUT2D eigenvalue weighted by Gasteiger charge is -2.49. The molecule has 1 aromatic carbocycles. The van der Waals surface area contributed by atoms with Crippen molar-refractivity contribution in [2.75, 3.05) is 13.1 Å². The van der Waals surface area contributed by atoms with E-state index in [2.05, 4.69) is 0 Å². The van der Waals surface area contributed by atoms with Gasteiger partial charge in [-0.2, -0.15) is 0 Å². The highest BCUT2D eigenvalue weighted by Crippen LogP contribution is 2.33. The summed E-state index contributed by atoms with van der Waals surface area (Å²) in [5.74, 6) is -0.408. The third-order valence-corrected chi connectivity index (χ3v) is 3.37. The topological polar surface area (TPSA) is 75.8 Å². The van der Waals surface area contributed by atoms with E-state index in [1.165, 1.54) is 23.1 Å². The van der Waals surface area contributed by atoms with Gasteiger partial charge in [-0.15, -0.1) is 0 Å². The van der Waals surface area contributed by atoms with Gasteiger partial charge in [0.1, 0.15) is 17.0 Å². The lowest BCUT2D eigenvalue weighted by molar-refractivity contribution is -0.113. The lowest BCUT2D eigenvalue weighted by atomic mass is 9.83. The zero-order valence-electron chi connectivity index (χ0n) is 12.5. The van der Waals surface area contributed by atoms with Crippen LogP contribution in [0, 0.1) is 5.82 Å². The SMILES string of the molecule is CC(C)(C)OC(=O)N1CC(O)(C(N)c2cccc(F)c2)C1. The zero-order chi connectivity index (χ0) is 15.8. The van der Waals surface area contributed by atoms with E-state index < -0.39 is 29.2 Å². The van der Waals surface area contributed by atoms with Crippen molar-refractivity contribution in [1.82, 2.24) is 4.90 Å². The van der Waals surface area contributed by atoms with Crippen molar-refractivity contribution in [1.29, 1.82) is 0 Å². The zero-order valence-corrected chi connectivity index (χ0v) is 12.5. The predicted molar refractivity (Wildman–Crippen MR) is 76.1 cm³/mol. The predicted octanol–water partition coefficient (Wildman–Crippen LogP) is 1.81. The second-order valence-corrected chi connectivity index (χ2v) is 6.47. The van der Waals surface area contributed by atoms with Crippen LogP contribution >= 0.6 is 0 Å². The summed E-state index contributed by atoms with van der Waals surface area (Å²) in [4.78, 5) is 13.2. The molecule has 1 aliphatic heterocycles. The minimum Gasteiger partial charge on any atom is -0.444 e. The van der Waals surface area contributed by atoms with Gasteiger partial charge in [-0.25, -0.2) is 9.18 Å². The van der Waals surface area contributed by atoms with Crippen LogP contribution in [0.25, 0.3) is 0 Å². The molecule has 116 valence electrons. The summed E-state index contributed by atoms with van der Waals surface area (Å²) in [5.41, 5.74) is 4.65. The highest BCUT2D eigenvalue weighted by Gasteiger charge is 2.49. The second kappa shape index (κ2) is 5.27. The molecular weight excluding hydrogens is 275 g/mol. The number of nitrogens with zero attached hydrogens (tertiary/aromatic N) is 1. The Morgan fingerprint density at radius 1 is 1.48 bits per heavy atom. The first kappa shape index (κ1) is 15.7. The monoisotopic (exact) mass is 296 g/mol. The van der Waals surface area contributed by atoms with Crippen LogP contribution in [0.4, 0.5) is 9.18 Å². The van der Waals surface area contributed by atoms with Crippen LogP contribution in [0.1, 0.15) is 32.4 Å². The molecule has 1 aromatic rings. The van der Waals surface area contributed by atoms with Crippen LogP contribution in [-0.4, -0.2) is 40.4 Å². The van der Waals surface area contributed by atoms with Crippen LogP contribution in [0.15, 0.2) is 24.3 Å². The number of aliphatic hydroxyl groups is 1. The standard InChI is InChI=1S/C15H21FN2O3/c1-14(2,3)21-13(19)18-8-15(20,9-18)12(17)10-5-4-6-11(16)7-10/h4-7,12,20H,8-9,17H2,1-3H3. The Hall–Kier alpha value is -1.66. The Balaban J connectivity index is 1.99. The highest BCUT2D eigenvalue weighted by atomic mass is 19.1. The molecule has 0 aromatic heterocycles. The first-order chi connectivity index (χ1) is 9.61. The van der Waals surface area contributed by atoms with Crippen molar-refractivity contribution in [2.24, 2.45) is 5.73 Å². The summed E-state index contributed by atoms with van der Waals surface area (Å²) in [6.45, 7) is 5.46. The fourth-order valence-electron chi connectivity index (χ4n) is 2.28. The number of carbonyl (C=O) groups is 1. The average Bonchev–Trinajstić information content (AvgIpc) is 2.31. The summed E-state index contributed by atoms with van der Waals surface area (Å²) in [6.07, 6.45) is -0.487. The van der Waals surface area contributed by atoms with Gasteiger partial charge >= 0.3 is 6.09 Å². The van der Waals surface area contributed by atoms with Crippen molar-refractivity contribution in [3.8, 4) is 0 Å². The van der Waals surface area contributed by atoms with Crippen LogP contribution in [0.5, 0.6) is 0 Å². The van der Waals surface area contributed by atoms with Gasteiger partial charge in [-0.3, -0.25) is 0 Å². The molecule has 1 amide bonds. The highest BCUT2D eigenvalue weighted by molar-refractivity contribution is 5.69. The van der Waals surface area contributed by atoms with Crippen LogP contribution in [-0.2, 0) is 4.74 Å². The molecule has 1 unspecified atom stereocenters. The van der Waals surface area contributed by atoms with Gasteiger partial charge in [0.15, 0.2) is 0 Å². The lowest BCUT2D eigenvalue weighted by Crippen LogP contribution is -2.68. The van der Waals surface area contributed by atoms with E-state index in [0.717, 1.165) is 0 Å². The van der Waals surface area contributed by atoms with Gasteiger partial charge in [-0.1, -0.05) is 12.1 Å². The first-order valence-electron chi connectivity index (χ1n) is 6.82. The van der Waals surface area contributed by atoms with Crippen LogP contribution < -0.4 is 5.73 Å². The number of hydrogen-bond donors (Lipinski definition) is 2. The smallest absolute Gasteiger partial charge is 0.410 e. The van der Waals surface area contributed by atoms with E-state index >= 15 is 0 Å². The van der Waals surface area contributed by atoms with E-state index in [9.17, 15) is 14.3 Å². The number of likely N-dealkylation sites (tertiary alicyclic amines) is 1. The minimum atomic E-state index is -1.26. The number of amides is 1. The summed E-state index contributed by atoms with van der Waals surface area (Å²) in [5, 5.41) is 10.4. The first-order valence-corrected chi connectivity index (χ1v) is 6.82. The Morgan fingerprint density at radius 2 is 2.10 bits per heavy atom. The number of carbonyl (C=O) groups excluding carboxylic acids is 1. The van der Waals surface area contributed by atoms with E-state index in [-0.39, 0.29) is 13.1 Å². The fraction of sp³-hybridized carbons (Fsp3) is 0.533. The molecule has 1 atom stereocenters. The second-order valence-electron chi connectivity index (χ2n) is 6.47. The Bertz CT molecular complexity index is 536. The fourth-order valence-corrected chi connectivity index (χ4v) is 2.28. The third kappa shape index (κ3) is 3.51. The van der Waals surface area contributed by atoms with E-state index in [1.807, 2.05) is 0 Å². The van der Waals surface area contributed by atoms with Crippen LogP contribution in [0.2, 0.25) is 0 Å². The van der Waals surface area contributed by atoms with Gasteiger partial charge in [0.2, 0.25) is 0 Å². The molecule has 0 saturated carbocycles. The number of β-amino-alcohol motifs (C(OH)–C–C–N with tert-alkyl or cyclic N) is 1. The summed E-state index contributed by atoms with van der Waals surface area (Å²) in [7, 11) is 0. The molecule has 0 aliphatic carbocycles. The van der Waals surface area contributed by atoms with Gasteiger partial charge in [-0.05, 0) is 38.5 Å². The number of nitrogens with two attached hydrogens (primary N) is 1. The molecule has 1 aliphatic rings. The molecule has 6 heteroatoms. The van der Waals surface area contributed by atoms with Crippen molar-refractivity contribution >= 4 is 6.09 Å². The molecule has 2 rings (SSSR count). The summed E-state index contributed by atoms with van der Waals surface area (Å²) < 4.78 is 18.4. The quantitative estimate of drug-likeness (QED) is 0.872. The van der Waals surface area contributed by atoms with Gasteiger partial charge < -0.3 is 20.5 Å². The number of ether oxygens (including phenoxy) is 1. The number of halogens is 1. The van der Waals surface area contributed by atoms with E-state index in [1.54, 1.807) is 26.8 Å². The van der Waals surface area contributed by atoms with Crippen molar-refractivity contribution in [3.05, 3.63) is 35.6 Å². The number of rotatable bonds is 2.